The van der Waals surface area contributed by atoms with Gasteiger partial charge in [-0.05, 0) is 0 Å². The third kappa shape index (κ3) is 37.2. The van der Waals surface area contributed by atoms with Crippen LogP contribution in [0.25, 0.3) is 0 Å². The predicted octanol–water partition coefficient (Wildman–Crippen LogP) is -7.94. The Labute approximate surface area is 206 Å². The first-order valence-electron chi connectivity index (χ1n) is 3.30. The fourth-order valence-corrected chi connectivity index (χ4v) is 0.427. The van der Waals surface area contributed by atoms with Gasteiger partial charge in [0.05, 0.1) is 0 Å². The second-order valence-corrected chi connectivity index (χ2v) is 2.75. The van der Waals surface area contributed by atoms with E-state index in [0.717, 1.165) is 0 Å². The van der Waals surface area contributed by atoms with E-state index in [9.17, 15) is 0 Å². The first kappa shape index (κ1) is 34.2. The largest absolute Gasteiger partial charge is 2.00 e. The van der Waals surface area contributed by atoms with E-state index < -0.39 is 17.2 Å². The van der Waals surface area contributed by atoms with Crippen LogP contribution in [-0.2, 0) is 0 Å². The maximum Gasteiger partial charge on any atom is 2.00 e. The summed E-state index contributed by atoms with van der Waals surface area (Å²) in [5.74, 6) is 0.125. The van der Waals surface area contributed by atoms with Crippen molar-refractivity contribution in [2.75, 3.05) is 17.2 Å². The van der Waals surface area contributed by atoms with Gasteiger partial charge in [0.1, 0.15) is 0 Å². The summed E-state index contributed by atoms with van der Waals surface area (Å²) >= 11 is 0. The van der Waals surface area contributed by atoms with E-state index in [1.165, 1.54) is 0 Å². The van der Waals surface area contributed by atoms with Crippen LogP contribution in [0, 0.1) is 0 Å². The Balaban J connectivity index is -0.0000000597. The van der Waals surface area contributed by atoms with Crippen LogP contribution in [0.5, 0.6) is 0 Å². The van der Waals surface area contributed by atoms with Crippen LogP contribution in [0.2, 0.25) is 0 Å². The monoisotopic (exact) mass is 404 g/mol. The number of anilines is 3. The molecule has 100 valence electrons. The summed E-state index contributed by atoms with van der Waals surface area (Å²) in [4.78, 5) is 61.4. The Bertz CT molecular complexity index is 264. The summed E-state index contributed by atoms with van der Waals surface area (Å²) in [6.45, 7) is 0. The molecule has 0 aromatic carbocycles. The molecule has 1 aromatic heterocycles. The van der Waals surface area contributed by atoms with Gasteiger partial charge in [-0.3, -0.25) is 0 Å². The summed E-state index contributed by atoms with van der Waals surface area (Å²) in [5, 5.41) is 0. The van der Waals surface area contributed by atoms with Crippen molar-refractivity contribution in [3.05, 3.63) is 0 Å². The van der Waals surface area contributed by atoms with Gasteiger partial charge in [0, 0.05) is 0 Å². The van der Waals surface area contributed by atoms with Gasteiger partial charge in [-0.1, -0.05) is 0 Å². The van der Waals surface area contributed by atoms with Crippen molar-refractivity contribution in [3.8, 4) is 0 Å². The van der Waals surface area contributed by atoms with Gasteiger partial charge in [0.25, 0.3) is 0 Å². The molecule has 0 spiro atoms. The molecular weight excluding hydrogens is 398 g/mol. The van der Waals surface area contributed by atoms with E-state index in [4.69, 9.17) is 46.6 Å². The van der Waals surface area contributed by atoms with Crippen LogP contribution in [0.1, 0.15) is 0 Å². The van der Waals surface area contributed by atoms with Crippen molar-refractivity contribution in [1.82, 2.24) is 15.0 Å². The zero-order valence-corrected chi connectivity index (χ0v) is 18.5. The fraction of sp³-hybridized carbons (Fsp3) is 0. The summed E-state index contributed by atoms with van der Waals surface area (Å²) in [6, 6.07) is 0. The van der Waals surface area contributed by atoms with E-state index in [-0.39, 0.29) is 131 Å². The molecule has 1 rings (SSSR count). The minimum atomic E-state index is -3.37. The molecule has 0 fully saturated rings. The van der Waals surface area contributed by atoms with Crippen LogP contribution in [0.3, 0.4) is 0 Å². The Morgan fingerprint density at radius 1 is 0.550 bits per heavy atom. The normalized spacial score (nSPS) is 7.80. The SMILES string of the molecule is Nc1nc(N)nc(N)n1.[Ca+2].[Ca+2].[Ca+2].[O-]P([O-])[O-].[O-]P([O-])[O-]. The zero-order chi connectivity index (χ0) is 14.0. The molecule has 0 radical (unpaired) electrons. The van der Waals surface area contributed by atoms with E-state index in [1.54, 1.807) is 0 Å². The van der Waals surface area contributed by atoms with Crippen molar-refractivity contribution in [2.24, 2.45) is 0 Å². The molecule has 6 N–H and O–H groups in total. The Morgan fingerprint density at radius 3 is 0.750 bits per heavy atom. The standard InChI is InChI=1S/C3H6N6.3Ca.2O3P/c4-1-7-2(5)9-3(6)8-1;;;;2*1-4(2)3/h(H6,4,5,6,7,8,9);;;;;/q;3*+2;2*-3. The van der Waals surface area contributed by atoms with Crippen LogP contribution in [0.4, 0.5) is 17.8 Å². The van der Waals surface area contributed by atoms with Gasteiger partial charge in [0.2, 0.25) is 17.8 Å². The second-order valence-electron chi connectivity index (χ2n) is 1.86. The molecule has 12 nitrogen and oxygen atoms in total. The number of hydrogen-bond donors (Lipinski definition) is 3. The molecule has 0 aliphatic carbocycles. The molecule has 0 saturated carbocycles. The molecule has 1 aromatic rings. The number of nitrogen functional groups attached to an aromatic ring is 3. The molecular formula is C3H6Ca3N6O6P2. The van der Waals surface area contributed by atoms with Crippen LogP contribution in [-0.4, -0.2) is 128 Å². The second kappa shape index (κ2) is 21.8. The summed E-state index contributed by atoms with van der Waals surface area (Å²) in [6.07, 6.45) is 0. The Morgan fingerprint density at radius 2 is 0.650 bits per heavy atom. The first-order valence-corrected chi connectivity index (χ1v) is 5.49. The summed E-state index contributed by atoms with van der Waals surface area (Å²) < 4.78 is 0. The van der Waals surface area contributed by atoms with E-state index in [0.29, 0.717) is 0 Å². The minimum absolute atomic E-state index is 0. The molecule has 0 amide bonds. The first-order chi connectivity index (χ1) is 7.65. The number of aromatic nitrogens is 3. The van der Waals surface area contributed by atoms with Crippen molar-refractivity contribution in [2.45, 2.75) is 0 Å². The average molecular weight is 404 g/mol. The number of nitrogens with two attached hydrogens (primary N) is 3. The Kier molecular flexibility index (Phi) is 37.3. The third-order valence-electron chi connectivity index (χ3n) is 0.687. The van der Waals surface area contributed by atoms with E-state index in [2.05, 4.69) is 15.0 Å². The van der Waals surface area contributed by atoms with Gasteiger partial charge in [-0.25, -0.2) is 0 Å². The smallest absolute Gasteiger partial charge is 0.854 e. The van der Waals surface area contributed by atoms with Crippen molar-refractivity contribution in [3.63, 3.8) is 0 Å². The van der Waals surface area contributed by atoms with Crippen molar-refractivity contribution >= 4 is 148 Å². The maximum atomic E-state index is 8.48. The number of nitrogens with zero attached hydrogens (tertiary/aromatic N) is 3. The van der Waals surface area contributed by atoms with Crippen molar-refractivity contribution in [1.29, 1.82) is 0 Å². The quantitative estimate of drug-likeness (QED) is 0.269. The number of hydrogen-bond acceptors (Lipinski definition) is 12. The third-order valence-corrected chi connectivity index (χ3v) is 0.687. The summed E-state index contributed by atoms with van der Waals surface area (Å²) in [7, 11) is -6.74. The van der Waals surface area contributed by atoms with Gasteiger partial charge in [0.15, 0.2) is 0 Å². The zero-order valence-electron chi connectivity index (χ0n) is 10.0. The molecule has 0 bridgehead atoms. The maximum absolute atomic E-state index is 8.48. The van der Waals surface area contributed by atoms with Gasteiger partial charge >= 0.3 is 113 Å². The molecule has 0 aliphatic rings. The summed E-state index contributed by atoms with van der Waals surface area (Å²) in [5.41, 5.74) is 15.4. The number of rotatable bonds is 0. The molecule has 0 atom stereocenters. The minimum Gasteiger partial charge on any atom is -0.854 e. The van der Waals surface area contributed by atoms with Gasteiger partial charge < -0.3 is 63.8 Å². The average Bonchev–Trinajstić information content (AvgIpc) is 1.96. The van der Waals surface area contributed by atoms with Crippen LogP contribution in [0.15, 0.2) is 0 Å². The van der Waals surface area contributed by atoms with Crippen molar-refractivity contribution < 1.29 is 29.4 Å². The van der Waals surface area contributed by atoms with Gasteiger partial charge in [-0.2, -0.15) is 15.0 Å². The fourth-order valence-electron chi connectivity index (χ4n) is 0.427. The molecule has 0 aliphatic heterocycles. The van der Waals surface area contributed by atoms with Crippen LogP contribution >= 0.6 is 17.2 Å². The molecule has 20 heavy (non-hydrogen) atoms. The molecule has 17 heteroatoms. The Hall–Kier alpha value is 2.81. The van der Waals surface area contributed by atoms with Crippen LogP contribution < -0.4 is 46.6 Å². The molecule has 1 heterocycles. The van der Waals surface area contributed by atoms with Gasteiger partial charge in [-0.15, -0.1) is 0 Å². The molecule has 0 saturated heterocycles. The van der Waals surface area contributed by atoms with E-state index in [1.807, 2.05) is 0 Å². The van der Waals surface area contributed by atoms with E-state index >= 15 is 0 Å². The molecule has 0 unspecified atom stereocenters. The topological polar surface area (TPSA) is 255 Å². The predicted molar refractivity (Wildman–Crippen MR) is 64.2 cm³/mol.